The molecule has 0 radical (unpaired) electrons. The maximum atomic E-state index is 13.5. The number of hydrogen-bond acceptors (Lipinski definition) is 12. The Morgan fingerprint density at radius 1 is 0.921 bits per heavy atom. The smallest absolute Gasteiger partial charge is 0.278 e. The van der Waals surface area contributed by atoms with Gasteiger partial charge in [0.25, 0.3) is 17.4 Å². The first-order valence-corrected chi connectivity index (χ1v) is 22.0. The van der Waals surface area contributed by atoms with E-state index in [4.69, 9.17) is 16.3 Å². The van der Waals surface area contributed by atoms with Gasteiger partial charge in [-0.15, -0.1) is 5.10 Å². The average Bonchev–Trinajstić information content (AvgIpc) is 3.27. The number of carbonyl (C=O) groups excluding carboxylic acids is 4. The van der Waals surface area contributed by atoms with Crippen LogP contribution in [0, 0.1) is 28.1 Å². The summed E-state index contributed by atoms with van der Waals surface area (Å²) in [6, 6.07) is 19.0. The summed E-state index contributed by atoms with van der Waals surface area (Å²) in [6.45, 7) is 14.5. The van der Waals surface area contributed by atoms with Gasteiger partial charge in [-0.1, -0.05) is 44.5 Å². The van der Waals surface area contributed by atoms with E-state index in [1.807, 2.05) is 29.2 Å². The summed E-state index contributed by atoms with van der Waals surface area (Å²) in [5.74, 6) is 0.00161. The molecule has 17 heteroatoms. The minimum atomic E-state index is -0.911. The lowest BCUT2D eigenvalue weighted by atomic mass is 9.49. The number of piperidine rings is 2. The van der Waals surface area contributed by atoms with Crippen molar-refractivity contribution in [3.63, 3.8) is 0 Å². The summed E-state index contributed by atoms with van der Waals surface area (Å²) in [5.41, 5.74) is 1.84. The van der Waals surface area contributed by atoms with Gasteiger partial charge in [-0.05, 0) is 79.8 Å². The van der Waals surface area contributed by atoms with Crippen molar-refractivity contribution >= 4 is 57.5 Å². The molecule has 330 valence electrons. The normalized spacial score (nSPS) is 22.4. The number of rotatable bonds is 11. The number of halogens is 1. The van der Waals surface area contributed by atoms with Crippen LogP contribution in [0.2, 0.25) is 5.02 Å². The number of imide groups is 1. The van der Waals surface area contributed by atoms with Crippen molar-refractivity contribution in [2.75, 3.05) is 62.6 Å². The fraction of sp³-hybridized carbons (Fsp3) is 0.478. The van der Waals surface area contributed by atoms with E-state index < -0.39 is 17.5 Å². The van der Waals surface area contributed by atoms with Gasteiger partial charge in [0, 0.05) is 92.1 Å². The maximum Gasteiger partial charge on any atom is 0.278 e. The molecule has 4 heterocycles. The summed E-state index contributed by atoms with van der Waals surface area (Å²) < 4.78 is 7.41. The maximum absolute atomic E-state index is 13.5. The van der Waals surface area contributed by atoms with E-state index in [-0.39, 0.29) is 65.5 Å². The molecule has 3 aliphatic heterocycles. The molecule has 3 N–H and O–H groups in total. The summed E-state index contributed by atoms with van der Waals surface area (Å²) in [5, 5.41) is 26.6. The number of aromatic nitrogens is 3. The van der Waals surface area contributed by atoms with E-state index in [1.54, 1.807) is 36.4 Å². The Kier molecular flexibility index (Phi) is 12.2. The van der Waals surface area contributed by atoms with Gasteiger partial charge in [-0.25, -0.2) is 0 Å². The molecule has 4 aliphatic rings. The highest BCUT2D eigenvalue weighted by Gasteiger charge is 2.64. The van der Waals surface area contributed by atoms with Crippen LogP contribution in [-0.2, 0) is 14.4 Å². The highest BCUT2D eigenvalue weighted by Crippen LogP contribution is 2.55. The number of amides is 4. The lowest BCUT2D eigenvalue weighted by molar-refractivity contribution is -0.164. The largest absolute Gasteiger partial charge is 0.489 e. The van der Waals surface area contributed by atoms with Gasteiger partial charge in [0.05, 0.1) is 22.5 Å². The molecule has 4 fully saturated rings. The summed E-state index contributed by atoms with van der Waals surface area (Å²) in [4.78, 5) is 70.7. The quantitative estimate of drug-likeness (QED) is 0.180. The molecule has 4 amide bonds. The predicted molar refractivity (Wildman–Crippen MR) is 238 cm³/mol. The minimum Gasteiger partial charge on any atom is -0.489 e. The summed E-state index contributed by atoms with van der Waals surface area (Å²) >= 11 is 6.25. The second kappa shape index (κ2) is 17.6. The molecule has 0 spiro atoms. The van der Waals surface area contributed by atoms with Gasteiger partial charge >= 0.3 is 0 Å². The number of benzene rings is 3. The van der Waals surface area contributed by atoms with E-state index in [0.717, 1.165) is 55.9 Å². The van der Waals surface area contributed by atoms with Gasteiger partial charge in [0.15, 0.2) is 0 Å². The molecule has 3 saturated heterocycles. The zero-order valence-electron chi connectivity index (χ0n) is 36.0. The molecule has 16 nitrogen and oxygen atoms in total. The van der Waals surface area contributed by atoms with Crippen molar-refractivity contribution in [2.45, 2.75) is 71.6 Å². The third-order valence-corrected chi connectivity index (χ3v) is 13.7. The molecule has 4 aromatic rings. The average molecular weight is 877 g/mol. The van der Waals surface area contributed by atoms with E-state index in [0.29, 0.717) is 52.1 Å². The molecule has 1 unspecified atom stereocenters. The van der Waals surface area contributed by atoms with E-state index >= 15 is 0 Å². The van der Waals surface area contributed by atoms with Crippen LogP contribution < -0.4 is 31.1 Å². The van der Waals surface area contributed by atoms with E-state index in [9.17, 15) is 29.2 Å². The molecule has 0 bridgehead atoms. The van der Waals surface area contributed by atoms with Gasteiger partial charge in [-0.2, -0.15) is 9.94 Å². The van der Waals surface area contributed by atoms with Crippen molar-refractivity contribution in [3.8, 4) is 11.8 Å². The van der Waals surface area contributed by atoms with Crippen molar-refractivity contribution in [1.29, 1.82) is 5.26 Å². The van der Waals surface area contributed by atoms with Gasteiger partial charge in [-0.3, -0.25) is 34.2 Å². The Bertz CT molecular complexity index is 2510. The van der Waals surface area contributed by atoms with Crippen LogP contribution in [0.1, 0.15) is 75.3 Å². The molecule has 63 heavy (non-hydrogen) atoms. The zero-order chi connectivity index (χ0) is 44.6. The number of carbonyl (C=O) groups is 4. The van der Waals surface area contributed by atoms with Gasteiger partial charge in [0.2, 0.25) is 11.8 Å². The third-order valence-electron chi connectivity index (χ3n) is 13.4. The molecule has 1 aromatic heterocycles. The van der Waals surface area contributed by atoms with Crippen molar-refractivity contribution in [3.05, 3.63) is 87.2 Å². The molecule has 3 aromatic carbocycles. The number of nitrogens with zero attached hydrogens (tertiary/aromatic N) is 7. The summed E-state index contributed by atoms with van der Waals surface area (Å²) in [7, 11) is 0. The Morgan fingerprint density at radius 2 is 1.63 bits per heavy atom. The van der Waals surface area contributed by atoms with Crippen LogP contribution >= 0.6 is 11.6 Å². The molecule has 8 rings (SSSR count). The van der Waals surface area contributed by atoms with Crippen LogP contribution in [0.15, 0.2) is 65.5 Å². The summed E-state index contributed by atoms with van der Waals surface area (Å²) in [6.07, 6.45) is 1.96. The Morgan fingerprint density at radius 3 is 2.30 bits per heavy atom. The Hall–Kier alpha value is -6.05. The topological polar surface area (TPSA) is 195 Å². The lowest BCUT2D eigenvalue weighted by Gasteiger charge is -2.63. The molecule has 1 atom stereocenters. The standard InChI is InChI=1S/C46H53ClN10O6/c1-45(2)43(46(3,4)44(45)63-33-11-7-30(25-48)35(47)24-33)51-40(60)29-5-9-32(10-6-29)55-21-19-54(20-22-55)27-28-15-17-56(18-16-28)39(59)26-49-31-8-12-36-34(23-31)42(62)57(53-52-36)37-13-14-38(58)50-41(37)61/h5-12,23-24,28,37,43-44,49H,13-22,26-27H2,1-4H3,(H,51,60)(H,50,58,61). The first-order chi connectivity index (χ1) is 30.1. The number of nitrogens with one attached hydrogen (secondary N) is 3. The second-order valence-corrected chi connectivity index (χ2v) is 18.8. The Labute approximate surface area is 370 Å². The predicted octanol–water partition coefficient (Wildman–Crippen LogP) is 4.38. The number of nitriles is 1. The monoisotopic (exact) mass is 876 g/mol. The number of piperazine rings is 1. The van der Waals surface area contributed by atoms with Crippen LogP contribution in [-0.4, -0.2) is 113 Å². The van der Waals surface area contributed by atoms with Gasteiger partial charge in [0.1, 0.15) is 29.5 Å². The molecular formula is C46H53ClN10O6. The van der Waals surface area contributed by atoms with Crippen LogP contribution in [0.25, 0.3) is 10.9 Å². The molecule has 1 saturated carbocycles. The fourth-order valence-electron chi connectivity index (χ4n) is 10.1. The van der Waals surface area contributed by atoms with E-state index in [1.165, 1.54) is 0 Å². The number of likely N-dealkylation sites (tertiary alicyclic amines) is 1. The number of fused-ring (bicyclic) bond motifs is 1. The lowest BCUT2D eigenvalue weighted by Crippen LogP contribution is -2.74. The fourth-order valence-corrected chi connectivity index (χ4v) is 10.3. The number of anilines is 2. The molecular weight excluding hydrogens is 824 g/mol. The van der Waals surface area contributed by atoms with Gasteiger partial charge < -0.3 is 25.2 Å². The van der Waals surface area contributed by atoms with Crippen molar-refractivity contribution in [2.24, 2.45) is 16.7 Å². The third kappa shape index (κ3) is 8.94. The number of hydrogen-bond donors (Lipinski definition) is 3. The minimum absolute atomic E-state index is 0.0133. The molecule has 1 aliphatic carbocycles. The zero-order valence-corrected chi connectivity index (χ0v) is 36.8. The SMILES string of the molecule is CC1(C)C(NC(=O)c2ccc(N3CCN(CC4CCN(C(=O)CNc5ccc6nnn(C7CCC(=O)NC7=O)c(=O)c6c5)CC4)CC3)cc2)C(C)(C)C1Oc1ccc(C#N)c(Cl)c1. The van der Waals surface area contributed by atoms with Crippen LogP contribution in [0.4, 0.5) is 11.4 Å². The second-order valence-electron chi connectivity index (χ2n) is 18.4. The first-order valence-electron chi connectivity index (χ1n) is 21.6. The van der Waals surface area contributed by atoms with Crippen molar-refractivity contribution in [1.82, 2.24) is 35.4 Å². The van der Waals surface area contributed by atoms with Crippen LogP contribution in [0.3, 0.4) is 0 Å². The first kappa shape index (κ1) is 43.6. The van der Waals surface area contributed by atoms with Crippen LogP contribution in [0.5, 0.6) is 5.75 Å². The van der Waals surface area contributed by atoms with Crippen molar-refractivity contribution < 1.29 is 23.9 Å². The van der Waals surface area contributed by atoms with E-state index in [2.05, 4.69) is 69.8 Å². The Balaban J connectivity index is 0.761. The highest BCUT2D eigenvalue weighted by molar-refractivity contribution is 6.31. The highest BCUT2D eigenvalue weighted by atomic mass is 35.5. The number of ether oxygens (including phenoxy) is 1.